The molecule has 1 aliphatic rings. The van der Waals surface area contributed by atoms with Gasteiger partial charge in [0.05, 0.1) is 6.61 Å². The van der Waals surface area contributed by atoms with Crippen molar-refractivity contribution in [2.75, 3.05) is 6.61 Å². The average molecular weight is 178 g/mol. The molecule has 12 heavy (non-hydrogen) atoms. The lowest BCUT2D eigenvalue weighted by atomic mass is 10.0. The Morgan fingerprint density at radius 2 is 1.83 bits per heavy atom. The number of hydrogen-bond acceptors (Lipinski definition) is 6. The highest BCUT2D eigenvalue weighted by Gasteiger charge is 2.43. The van der Waals surface area contributed by atoms with Crippen LogP contribution in [-0.2, 0) is 9.53 Å². The molecule has 1 rings (SSSR count). The van der Waals surface area contributed by atoms with Gasteiger partial charge >= 0.3 is 5.97 Å². The van der Waals surface area contributed by atoms with Crippen LogP contribution < -0.4 is 0 Å². The van der Waals surface area contributed by atoms with E-state index in [1.165, 1.54) is 0 Å². The topological polar surface area (TPSA) is 107 Å². The van der Waals surface area contributed by atoms with E-state index in [4.69, 9.17) is 20.4 Å². The number of cyclic esters (lactones) is 1. The molecule has 0 aromatic rings. The summed E-state index contributed by atoms with van der Waals surface area (Å²) < 4.78 is 4.38. The largest absolute Gasteiger partial charge is 0.455 e. The Hall–Kier alpha value is -0.690. The zero-order chi connectivity index (χ0) is 9.30. The van der Waals surface area contributed by atoms with E-state index in [1.807, 2.05) is 0 Å². The Balaban J connectivity index is 2.70. The summed E-state index contributed by atoms with van der Waals surface area (Å²) in [6, 6.07) is 0. The summed E-state index contributed by atoms with van der Waals surface area (Å²) in [4.78, 5) is 10.7. The van der Waals surface area contributed by atoms with Crippen LogP contribution in [0, 0.1) is 0 Å². The zero-order valence-corrected chi connectivity index (χ0v) is 6.12. The second-order valence-corrected chi connectivity index (χ2v) is 2.58. The van der Waals surface area contributed by atoms with Crippen LogP contribution >= 0.6 is 0 Å². The van der Waals surface area contributed by atoms with Gasteiger partial charge in [0, 0.05) is 0 Å². The lowest BCUT2D eigenvalue weighted by Crippen LogP contribution is -2.56. The number of hydrogen-bond donors (Lipinski definition) is 4. The van der Waals surface area contributed by atoms with Crippen LogP contribution in [0.5, 0.6) is 0 Å². The molecule has 1 saturated heterocycles. The Labute approximate surface area is 68.0 Å². The van der Waals surface area contributed by atoms with Crippen LogP contribution in [0.2, 0.25) is 0 Å². The second-order valence-electron chi connectivity index (χ2n) is 2.58. The molecule has 0 bridgehead atoms. The van der Waals surface area contributed by atoms with E-state index in [1.54, 1.807) is 0 Å². The molecule has 4 N–H and O–H groups in total. The molecular formula is C6H10O6. The van der Waals surface area contributed by atoms with Gasteiger partial charge in [-0.2, -0.15) is 0 Å². The first-order valence-electron chi connectivity index (χ1n) is 3.43. The Morgan fingerprint density at radius 3 is 2.33 bits per heavy atom. The van der Waals surface area contributed by atoms with Crippen LogP contribution in [0.3, 0.4) is 0 Å². The number of carbonyl (C=O) groups is 1. The van der Waals surface area contributed by atoms with Crippen LogP contribution in [0.4, 0.5) is 0 Å². The summed E-state index contributed by atoms with van der Waals surface area (Å²) in [6.45, 7) is -0.587. The minimum atomic E-state index is -1.73. The summed E-state index contributed by atoms with van der Waals surface area (Å²) in [7, 11) is 0. The molecule has 1 fully saturated rings. The summed E-state index contributed by atoms with van der Waals surface area (Å²) in [5.41, 5.74) is 0. The number of esters is 1. The predicted molar refractivity (Wildman–Crippen MR) is 35.0 cm³/mol. The highest BCUT2D eigenvalue weighted by atomic mass is 16.6. The van der Waals surface area contributed by atoms with Crippen molar-refractivity contribution in [3.05, 3.63) is 0 Å². The van der Waals surface area contributed by atoms with E-state index in [2.05, 4.69) is 4.74 Å². The molecule has 0 radical (unpaired) electrons. The molecule has 0 amide bonds. The minimum absolute atomic E-state index is 0.587. The van der Waals surface area contributed by atoms with Gasteiger partial charge in [0.1, 0.15) is 12.2 Å². The molecule has 1 heterocycles. The van der Waals surface area contributed by atoms with Crippen molar-refractivity contribution in [3.63, 3.8) is 0 Å². The van der Waals surface area contributed by atoms with Crippen LogP contribution in [0.15, 0.2) is 0 Å². The number of ether oxygens (including phenoxy) is 1. The Kier molecular flexibility index (Phi) is 2.63. The molecule has 0 spiro atoms. The third-order valence-corrected chi connectivity index (χ3v) is 1.74. The minimum Gasteiger partial charge on any atom is -0.455 e. The van der Waals surface area contributed by atoms with Gasteiger partial charge in [0.2, 0.25) is 0 Å². The quantitative estimate of drug-likeness (QED) is 0.318. The van der Waals surface area contributed by atoms with E-state index < -0.39 is 37.0 Å². The van der Waals surface area contributed by atoms with E-state index in [0.29, 0.717) is 0 Å². The average Bonchev–Trinajstić information content (AvgIpc) is 2.08. The van der Waals surface area contributed by atoms with Crippen molar-refractivity contribution in [2.24, 2.45) is 0 Å². The SMILES string of the molecule is O=C1OC(CO)[C@@H](O)C(O)[C@@H]1O. The second kappa shape index (κ2) is 3.36. The van der Waals surface area contributed by atoms with Crippen molar-refractivity contribution < 1.29 is 30.0 Å². The number of aliphatic hydroxyl groups excluding tert-OH is 4. The highest BCUT2D eigenvalue weighted by Crippen LogP contribution is 2.15. The maximum Gasteiger partial charge on any atom is 0.338 e. The fraction of sp³-hybridized carbons (Fsp3) is 0.833. The van der Waals surface area contributed by atoms with Gasteiger partial charge in [0.25, 0.3) is 0 Å². The van der Waals surface area contributed by atoms with Gasteiger partial charge in [-0.25, -0.2) is 4.79 Å². The molecule has 0 saturated carbocycles. The van der Waals surface area contributed by atoms with Gasteiger partial charge in [-0.15, -0.1) is 0 Å². The van der Waals surface area contributed by atoms with Gasteiger partial charge in [-0.1, -0.05) is 0 Å². The first-order valence-corrected chi connectivity index (χ1v) is 3.43. The highest BCUT2D eigenvalue weighted by molar-refractivity contribution is 5.76. The maximum absolute atomic E-state index is 10.7. The lowest BCUT2D eigenvalue weighted by Gasteiger charge is -2.32. The van der Waals surface area contributed by atoms with Crippen LogP contribution in [0.1, 0.15) is 0 Å². The molecule has 1 aliphatic heterocycles. The Morgan fingerprint density at radius 1 is 1.25 bits per heavy atom. The Bertz CT molecular complexity index is 179. The number of carbonyl (C=O) groups excluding carboxylic acids is 1. The zero-order valence-electron chi connectivity index (χ0n) is 6.12. The molecular weight excluding hydrogens is 168 g/mol. The smallest absolute Gasteiger partial charge is 0.338 e. The maximum atomic E-state index is 10.7. The van der Waals surface area contributed by atoms with Gasteiger partial charge in [0.15, 0.2) is 12.2 Å². The predicted octanol–water partition coefficient (Wildman–Crippen LogP) is -3.01. The standard InChI is InChI=1S/C6H10O6/c7-1-2-3(8)4(9)5(10)6(11)12-2/h2-5,7-10H,1H2/t2?,3-,4?,5+/m1/s1. The molecule has 0 aromatic heterocycles. The van der Waals surface area contributed by atoms with E-state index in [-0.39, 0.29) is 0 Å². The fourth-order valence-electron chi connectivity index (χ4n) is 0.980. The molecule has 70 valence electrons. The molecule has 6 nitrogen and oxygen atoms in total. The van der Waals surface area contributed by atoms with E-state index >= 15 is 0 Å². The molecule has 0 aliphatic carbocycles. The van der Waals surface area contributed by atoms with Crippen molar-refractivity contribution in [1.82, 2.24) is 0 Å². The summed E-state index contributed by atoms with van der Waals surface area (Å²) in [5.74, 6) is -1.04. The van der Waals surface area contributed by atoms with Crippen molar-refractivity contribution in [1.29, 1.82) is 0 Å². The van der Waals surface area contributed by atoms with Crippen molar-refractivity contribution in [2.45, 2.75) is 24.4 Å². The van der Waals surface area contributed by atoms with Crippen molar-refractivity contribution >= 4 is 5.97 Å². The first-order chi connectivity index (χ1) is 5.57. The number of rotatable bonds is 1. The third-order valence-electron chi connectivity index (χ3n) is 1.74. The first kappa shape index (κ1) is 9.40. The fourth-order valence-corrected chi connectivity index (χ4v) is 0.980. The summed E-state index contributed by atoms with van der Waals surface area (Å²) in [6.07, 6.45) is -5.93. The van der Waals surface area contributed by atoms with Gasteiger partial charge in [-0.05, 0) is 0 Å². The summed E-state index contributed by atoms with van der Waals surface area (Å²) in [5, 5.41) is 35.5. The van der Waals surface area contributed by atoms with Gasteiger partial charge < -0.3 is 25.2 Å². The summed E-state index contributed by atoms with van der Waals surface area (Å²) >= 11 is 0. The van der Waals surface area contributed by atoms with Crippen molar-refractivity contribution in [3.8, 4) is 0 Å². The molecule has 0 aromatic carbocycles. The van der Waals surface area contributed by atoms with E-state index in [9.17, 15) is 4.79 Å². The lowest BCUT2D eigenvalue weighted by molar-refractivity contribution is -0.206. The van der Waals surface area contributed by atoms with E-state index in [0.717, 1.165) is 0 Å². The van der Waals surface area contributed by atoms with Crippen LogP contribution in [0.25, 0.3) is 0 Å². The molecule has 2 unspecified atom stereocenters. The van der Waals surface area contributed by atoms with Gasteiger partial charge in [-0.3, -0.25) is 0 Å². The normalized spacial score (nSPS) is 42.5. The molecule has 4 atom stereocenters. The number of aliphatic hydroxyl groups is 4. The monoisotopic (exact) mass is 178 g/mol. The van der Waals surface area contributed by atoms with Crippen LogP contribution in [-0.4, -0.2) is 57.4 Å². The third kappa shape index (κ3) is 1.42. The molecule has 6 heteroatoms.